The van der Waals surface area contributed by atoms with Crippen LogP contribution < -0.4 is 5.32 Å². The zero-order valence-corrected chi connectivity index (χ0v) is 13.7. The van der Waals surface area contributed by atoms with E-state index in [-0.39, 0.29) is 17.9 Å². The Morgan fingerprint density at radius 1 is 1.38 bits per heavy atom. The molecule has 0 radical (unpaired) electrons. The second kappa shape index (κ2) is 6.77. The van der Waals surface area contributed by atoms with Crippen LogP contribution in [0.3, 0.4) is 0 Å². The van der Waals surface area contributed by atoms with E-state index in [2.05, 4.69) is 15.6 Å². The molecule has 0 bridgehead atoms. The summed E-state index contributed by atoms with van der Waals surface area (Å²) in [4.78, 5) is 22.9. The largest absolute Gasteiger partial charge is 0.481 e. The number of hydrogen-bond donors (Lipinski definition) is 2. The molecule has 2 N–H and O–H groups in total. The van der Waals surface area contributed by atoms with E-state index in [1.54, 1.807) is 26.8 Å². The number of hydrogen-bond acceptors (Lipinski definition) is 4. The number of carbonyl (C=O) groups excluding carboxylic acids is 1. The van der Waals surface area contributed by atoms with Gasteiger partial charge >= 0.3 is 5.97 Å². The van der Waals surface area contributed by atoms with Crippen molar-refractivity contribution in [2.24, 2.45) is 0 Å². The van der Waals surface area contributed by atoms with Gasteiger partial charge in [0.05, 0.1) is 11.9 Å². The Labute approximate surface area is 138 Å². The van der Waals surface area contributed by atoms with Crippen molar-refractivity contribution in [1.82, 2.24) is 20.3 Å². The minimum atomic E-state index is -0.921. The predicted molar refractivity (Wildman–Crippen MR) is 84.5 cm³/mol. The van der Waals surface area contributed by atoms with Crippen molar-refractivity contribution < 1.29 is 19.1 Å². The van der Waals surface area contributed by atoms with Crippen molar-refractivity contribution in [2.75, 3.05) is 0 Å². The summed E-state index contributed by atoms with van der Waals surface area (Å²) in [6, 6.07) is 4.22. The lowest BCUT2D eigenvalue weighted by Gasteiger charge is -2.24. The van der Waals surface area contributed by atoms with E-state index in [9.17, 15) is 14.0 Å². The number of halogens is 1. The van der Waals surface area contributed by atoms with Gasteiger partial charge in [0.25, 0.3) is 5.91 Å². The minimum Gasteiger partial charge on any atom is -0.481 e. The maximum atomic E-state index is 13.2. The topological polar surface area (TPSA) is 97.1 Å². The van der Waals surface area contributed by atoms with Crippen LogP contribution in [0.5, 0.6) is 0 Å². The van der Waals surface area contributed by atoms with Gasteiger partial charge in [0.15, 0.2) is 5.69 Å². The van der Waals surface area contributed by atoms with E-state index in [1.807, 2.05) is 0 Å². The molecule has 0 saturated carbocycles. The molecule has 8 heteroatoms. The summed E-state index contributed by atoms with van der Waals surface area (Å²) < 4.78 is 14.6. The summed E-state index contributed by atoms with van der Waals surface area (Å²) in [7, 11) is 0. The third kappa shape index (κ3) is 4.37. The number of nitrogens with one attached hydrogen (secondary N) is 1. The van der Waals surface area contributed by atoms with Gasteiger partial charge in [0.1, 0.15) is 5.82 Å². The Morgan fingerprint density at radius 2 is 2.08 bits per heavy atom. The molecule has 1 aromatic heterocycles. The van der Waals surface area contributed by atoms with E-state index in [4.69, 9.17) is 5.11 Å². The standard InChI is InChI=1S/C16H19FN4O3/c1-10-8-11(17)4-5-13(10)21-9-12(19-20-21)15(24)18-16(2,3)7-6-14(22)23/h4-5,8-9H,6-7H2,1-3H3,(H,18,24)(H,22,23). The molecule has 0 saturated heterocycles. The first-order valence-corrected chi connectivity index (χ1v) is 7.41. The molecule has 1 amide bonds. The van der Waals surface area contributed by atoms with Crippen LogP contribution in [0.2, 0.25) is 0 Å². The lowest BCUT2D eigenvalue weighted by molar-refractivity contribution is -0.137. The molecular formula is C16H19FN4O3. The Balaban J connectivity index is 2.12. The van der Waals surface area contributed by atoms with Crippen molar-refractivity contribution in [2.45, 2.75) is 39.2 Å². The molecule has 0 unspecified atom stereocenters. The Kier molecular flexibility index (Phi) is 4.96. The molecule has 24 heavy (non-hydrogen) atoms. The van der Waals surface area contributed by atoms with Gasteiger partial charge in [-0.25, -0.2) is 9.07 Å². The van der Waals surface area contributed by atoms with Gasteiger partial charge in [0, 0.05) is 12.0 Å². The Hall–Kier alpha value is -2.77. The van der Waals surface area contributed by atoms with Crippen LogP contribution in [0, 0.1) is 12.7 Å². The fraction of sp³-hybridized carbons (Fsp3) is 0.375. The van der Waals surface area contributed by atoms with E-state index in [0.717, 1.165) is 0 Å². The van der Waals surface area contributed by atoms with Crippen LogP contribution >= 0.6 is 0 Å². The highest BCUT2D eigenvalue weighted by molar-refractivity contribution is 5.92. The molecule has 2 aromatic rings. The molecule has 0 aliphatic heterocycles. The molecule has 0 aliphatic rings. The van der Waals surface area contributed by atoms with Gasteiger partial charge in [0.2, 0.25) is 0 Å². The normalized spacial score (nSPS) is 11.3. The van der Waals surface area contributed by atoms with Crippen LogP contribution in [0.4, 0.5) is 4.39 Å². The van der Waals surface area contributed by atoms with Gasteiger partial charge in [-0.3, -0.25) is 9.59 Å². The predicted octanol–water partition coefficient (Wildman–Crippen LogP) is 2.09. The number of aliphatic carboxylic acids is 1. The summed E-state index contributed by atoms with van der Waals surface area (Å²) >= 11 is 0. The number of nitrogens with zero attached hydrogens (tertiary/aromatic N) is 3. The number of carboxylic acid groups (broad SMARTS) is 1. The molecule has 1 aromatic carbocycles. The zero-order chi connectivity index (χ0) is 17.9. The number of benzene rings is 1. The molecular weight excluding hydrogens is 315 g/mol. The van der Waals surface area contributed by atoms with Crippen LogP contribution in [-0.4, -0.2) is 37.5 Å². The highest BCUT2D eigenvalue weighted by atomic mass is 19.1. The van der Waals surface area contributed by atoms with Crippen LogP contribution in [-0.2, 0) is 4.79 Å². The van der Waals surface area contributed by atoms with Gasteiger partial charge in [-0.2, -0.15) is 0 Å². The fourth-order valence-corrected chi connectivity index (χ4v) is 2.21. The first-order chi connectivity index (χ1) is 11.2. The molecule has 0 aliphatic carbocycles. The summed E-state index contributed by atoms with van der Waals surface area (Å²) in [5.74, 6) is -1.72. The van der Waals surface area contributed by atoms with E-state index in [0.29, 0.717) is 17.7 Å². The second-order valence-electron chi connectivity index (χ2n) is 6.21. The molecule has 0 spiro atoms. The van der Waals surface area contributed by atoms with Gasteiger partial charge in [-0.15, -0.1) is 5.10 Å². The first-order valence-electron chi connectivity index (χ1n) is 7.41. The monoisotopic (exact) mass is 334 g/mol. The Morgan fingerprint density at radius 3 is 2.71 bits per heavy atom. The van der Waals surface area contributed by atoms with Crippen molar-refractivity contribution >= 4 is 11.9 Å². The van der Waals surface area contributed by atoms with Crippen LogP contribution in [0.25, 0.3) is 5.69 Å². The van der Waals surface area contributed by atoms with Crippen LogP contribution in [0.15, 0.2) is 24.4 Å². The average Bonchev–Trinajstić information content (AvgIpc) is 2.94. The van der Waals surface area contributed by atoms with Crippen molar-refractivity contribution in [1.29, 1.82) is 0 Å². The molecule has 2 rings (SSSR count). The Bertz CT molecular complexity index is 770. The molecule has 7 nitrogen and oxygen atoms in total. The van der Waals surface area contributed by atoms with Gasteiger partial charge < -0.3 is 10.4 Å². The van der Waals surface area contributed by atoms with Crippen LogP contribution in [0.1, 0.15) is 42.7 Å². The molecule has 1 heterocycles. The summed E-state index contributed by atoms with van der Waals surface area (Å²) in [5, 5.41) is 19.2. The van der Waals surface area contributed by atoms with Crippen molar-refractivity contribution in [3.05, 3.63) is 41.5 Å². The third-order valence-electron chi connectivity index (χ3n) is 3.55. The van der Waals surface area contributed by atoms with E-state index in [1.165, 1.54) is 23.0 Å². The number of carbonyl (C=O) groups is 2. The first kappa shape index (κ1) is 17.6. The van der Waals surface area contributed by atoms with E-state index < -0.39 is 17.4 Å². The van der Waals surface area contributed by atoms with Gasteiger partial charge in [-0.05, 0) is 51.0 Å². The highest BCUT2D eigenvalue weighted by Crippen LogP contribution is 2.15. The second-order valence-corrected chi connectivity index (χ2v) is 6.21. The summed E-state index contributed by atoms with van der Waals surface area (Å²) in [5.41, 5.74) is 0.689. The number of aryl methyl sites for hydroxylation is 1. The SMILES string of the molecule is Cc1cc(F)ccc1-n1cc(C(=O)NC(C)(C)CCC(=O)O)nn1. The lowest BCUT2D eigenvalue weighted by atomic mass is 9.98. The molecule has 0 fully saturated rings. The van der Waals surface area contributed by atoms with E-state index >= 15 is 0 Å². The maximum absolute atomic E-state index is 13.2. The zero-order valence-electron chi connectivity index (χ0n) is 13.7. The molecule has 128 valence electrons. The van der Waals surface area contributed by atoms with Gasteiger partial charge in [-0.1, -0.05) is 5.21 Å². The average molecular weight is 334 g/mol. The highest BCUT2D eigenvalue weighted by Gasteiger charge is 2.24. The maximum Gasteiger partial charge on any atom is 0.303 e. The number of carboxylic acids is 1. The summed E-state index contributed by atoms with van der Waals surface area (Å²) in [6.45, 7) is 5.21. The smallest absolute Gasteiger partial charge is 0.303 e. The molecule has 0 atom stereocenters. The van der Waals surface area contributed by atoms with Crippen molar-refractivity contribution in [3.63, 3.8) is 0 Å². The fourth-order valence-electron chi connectivity index (χ4n) is 2.21. The quantitative estimate of drug-likeness (QED) is 0.843. The van der Waals surface area contributed by atoms with Crippen molar-refractivity contribution in [3.8, 4) is 5.69 Å². The third-order valence-corrected chi connectivity index (χ3v) is 3.55. The number of aromatic nitrogens is 3. The lowest BCUT2D eigenvalue weighted by Crippen LogP contribution is -2.43. The number of amides is 1. The number of rotatable bonds is 6. The minimum absolute atomic E-state index is 0.0469. The summed E-state index contributed by atoms with van der Waals surface area (Å²) in [6.07, 6.45) is 1.69.